The number of hydrogen-bond donors (Lipinski definition) is 1. The number of hydrogen-bond acceptors (Lipinski definition) is 2. The fourth-order valence-corrected chi connectivity index (χ4v) is 2.12. The van der Waals surface area contributed by atoms with E-state index < -0.39 is 0 Å². The number of benzene rings is 2. The van der Waals surface area contributed by atoms with Gasteiger partial charge in [-0.25, -0.2) is 4.98 Å². The Morgan fingerprint density at radius 3 is 2.79 bits per heavy atom. The van der Waals surface area contributed by atoms with E-state index in [-0.39, 0.29) is 0 Å². The van der Waals surface area contributed by atoms with Crippen molar-refractivity contribution in [3.05, 3.63) is 58.5 Å². The topological polar surface area (TPSA) is 77.4 Å². The van der Waals surface area contributed by atoms with Crippen LogP contribution in [-0.2, 0) is 0 Å². The van der Waals surface area contributed by atoms with Crippen LogP contribution >= 0.6 is 0 Å². The SMILES string of the molecule is Cc1c(N=[N+]=[N-])cccc1-c1nc2ccccc2[nH]1. The van der Waals surface area contributed by atoms with Crippen LogP contribution < -0.4 is 0 Å². The molecule has 2 aromatic carbocycles. The molecule has 5 heteroatoms. The predicted octanol–water partition coefficient (Wildman–Crippen LogP) is 4.48. The third kappa shape index (κ3) is 1.92. The minimum Gasteiger partial charge on any atom is -0.338 e. The molecule has 0 amide bonds. The maximum atomic E-state index is 8.55. The van der Waals surface area contributed by atoms with E-state index in [0.29, 0.717) is 5.69 Å². The molecule has 0 unspecified atom stereocenters. The number of rotatable bonds is 2. The van der Waals surface area contributed by atoms with E-state index in [0.717, 1.165) is 28.0 Å². The largest absolute Gasteiger partial charge is 0.338 e. The number of H-pyrrole nitrogens is 1. The van der Waals surface area contributed by atoms with Crippen molar-refractivity contribution < 1.29 is 0 Å². The zero-order valence-corrected chi connectivity index (χ0v) is 10.3. The molecular formula is C14H11N5. The van der Waals surface area contributed by atoms with Gasteiger partial charge in [0.2, 0.25) is 0 Å². The summed E-state index contributed by atoms with van der Waals surface area (Å²) in [7, 11) is 0. The Kier molecular flexibility index (Phi) is 2.67. The van der Waals surface area contributed by atoms with Crippen molar-refractivity contribution in [1.82, 2.24) is 9.97 Å². The molecule has 0 fully saturated rings. The molecule has 1 N–H and O–H groups in total. The van der Waals surface area contributed by atoms with Crippen LogP contribution in [0.2, 0.25) is 0 Å². The van der Waals surface area contributed by atoms with Gasteiger partial charge in [-0.05, 0) is 30.2 Å². The monoisotopic (exact) mass is 249 g/mol. The lowest BCUT2D eigenvalue weighted by Crippen LogP contribution is -1.85. The Labute approximate surface area is 109 Å². The standard InChI is InChI=1S/C14H11N5/c1-9-10(5-4-8-11(9)18-19-15)14-16-12-6-2-3-7-13(12)17-14/h2-8H,1H3,(H,16,17). The van der Waals surface area contributed by atoms with Crippen LogP contribution in [-0.4, -0.2) is 9.97 Å². The molecule has 0 atom stereocenters. The molecule has 0 saturated carbocycles. The molecule has 1 heterocycles. The Morgan fingerprint density at radius 1 is 1.16 bits per heavy atom. The number of nitrogens with zero attached hydrogens (tertiary/aromatic N) is 4. The normalized spacial score (nSPS) is 10.4. The molecule has 0 saturated heterocycles. The number of azide groups is 1. The summed E-state index contributed by atoms with van der Waals surface area (Å²) in [4.78, 5) is 10.7. The van der Waals surface area contributed by atoms with Gasteiger partial charge in [0.15, 0.2) is 0 Å². The lowest BCUT2D eigenvalue weighted by molar-refractivity contribution is 1.29. The first kappa shape index (κ1) is 11.3. The summed E-state index contributed by atoms with van der Waals surface area (Å²) in [6.07, 6.45) is 0. The summed E-state index contributed by atoms with van der Waals surface area (Å²) in [6.45, 7) is 1.92. The third-order valence-corrected chi connectivity index (χ3v) is 3.10. The lowest BCUT2D eigenvalue weighted by atomic mass is 10.1. The average Bonchev–Trinajstić information content (AvgIpc) is 2.85. The molecule has 0 bridgehead atoms. The highest BCUT2D eigenvalue weighted by molar-refractivity contribution is 5.80. The van der Waals surface area contributed by atoms with Crippen molar-refractivity contribution in [2.24, 2.45) is 5.11 Å². The first-order chi connectivity index (χ1) is 9.29. The molecule has 3 aromatic rings. The van der Waals surface area contributed by atoms with E-state index in [1.807, 2.05) is 43.3 Å². The van der Waals surface area contributed by atoms with Crippen LogP contribution in [0, 0.1) is 6.92 Å². The lowest BCUT2D eigenvalue weighted by Gasteiger charge is -2.04. The summed E-state index contributed by atoms with van der Waals surface area (Å²) >= 11 is 0. The second kappa shape index (κ2) is 4.48. The fraction of sp³-hybridized carbons (Fsp3) is 0.0714. The highest BCUT2D eigenvalue weighted by atomic mass is 15.1. The molecule has 0 radical (unpaired) electrons. The number of imidazole rings is 1. The van der Waals surface area contributed by atoms with Crippen molar-refractivity contribution >= 4 is 16.7 Å². The maximum Gasteiger partial charge on any atom is 0.138 e. The molecule has 3 rings (SSSR count). The number of nitrogens with one attached hydrogen (secondary N) is 1. The maximum absolute atomic E-state index is 8.55. The number of aromatic amines is 1. The zero-order valence-electron chi connectivity index (χ0n) is 10.3. The van der Waals surface area contributed by atoms with Crippen molar-refractivity contribution in [3.8, 4) is 11.4 Å². The van der Waals surface area contributed by atoms with Crippen LogP contribution in [0.1, 0.15) is 5.56 Å². The molecule has 0 aliphatic carbocycles. The molecule has 19 heavy (non-hydrogen) atoms. The van der Waals surface area contributed by atoms with Crippen LogP contribution in [0.5, 0.6) is 0 Å². The molecule has 0 spiro atoms. The van der Waals surface area contributed by atoms with Crippen molar-refractivity contribution in [3.63, 3.8) is 0 Å². The molecule has 1 aromatic heterocycles. The van der Waals surface area contributed by atoms with Gasteiger partial charge in [-0.2, -0.15) is 0 Å². The summed E-state index contributed by atoms with van der Waals surface area (Å²) in [5.74, 6) is 0.786. The van der Waals surface area contributed by atoms with Gasteiger partial charge in [-0.3, -0.25) is 0 Å². The van der Waals surface area contributed by atoms with Gasteiger partial charge in [0.1, 0.15) is 5.82 Å². The summed E-state index contributed by atoms with van der Waals surface area (Å²) in [6, 6.07) is 13.5. The minimum absolute atomic E-state index is 0.625. The fourth-order valence-electron chi connectivity index (χ4n) is 2.12. The van der Waals surface area contributed by atoms with Gasteiger partial charge >= 0.3 is 0 Å². The van der Waals surface area contributed by atoms with Crippen molar-refractivity contribution in [2.45, 2.75) is 6.92 Å². The molecular weight excluding hydrogens is 238 g/mol. The van der Waals surface area contributed by atoms with Gasteiger partial charge in [-0.1, -0.05) is 35.4 Å². The Bertz CT molecular complexity index is 763. The second-order valence-electron chi connectivity index (χ2n) is 4.24. The smallest absolute Gasteiger partial charge is 0.138 e. The van der Waals surface area contributed by atoms with Crippen LogP contribution in [0.3, 0.4) is 0 Å². The van der Waals surface area contributed by atoms with E-state index in [9.17, 15) is 0 Å². The van der Waals surface area contributed by atoms with Gasteiger partial charge in [-0.15, -0.1) is 0 Å². The molecule has 0 aliphatic heterocycles. The molecule has 5 nitrogen and oxygen atoms in total. The Balaban J connectivity index is 2.21. The van der Waals surface area contributed by atoms with Crippen molar-refractivity contribution in [2.75, 3.05) is 0 Å². The summed E-state index contributed by atoms with van der Waals surface area (Å²) < 4.78 is 0. The average molecular weight is 249 g/mol. The van der Waals surface area contributed by atoms with E-state index in [1.54, 1.807) is 6.07 Å². The van der Waals surface area contributed by atoms with Crippen LogP contribution in [0.15, 0.2) is 47.6 Å². The minimum atomic E-state index is 0.625. The van der Waals surface area contributed by atoms with Gasteiger partial charge < -0.3 is 4.98 Å². The van der Waals surface area contributed by atoms with Crippen LogP contribution in [0.4, 0.5) is 5.69 Å². The second-order valence-corrected chi connectivity index (χ2v) is 4.24. The quantitative estimate of drug-likeness (QED) is 0.405. The number of para-hydroxylation sites is 2. The first-order valence-corrected chi connectivity index (χ1v) is 5.89. The van der Waals surface area contributed by atoms with Gasteiger partial charge in [0.25, 0.3) is 0 Å². The predicted molar refractivity (Wildman–Crippen MR) is 75.1 cm³/mol. The number of fused-ring (bicyclic) bond motifs is 1. The van der Waals surface area contributed by atoms with E-state index in [4.69, 9.17) is 5.53 Å². The highest BCUT2D eigenvalue weighted by Gasteiger charge is 2.09. The zero-order chi connectivity index (χ0) is 13.2. The van der Waals surface area contributed by atoms with Gasteiger partial charge in [0, 0.05) is 16.2 Å². The van der Waals surface area contributed by atoms with Crippen molar-refractivity contribution in [1.29, 1.82) is 0 Å². The van der Waals surface area contributed by atoms with Gasteiger partial charge in [0.05, 0.1) is 11.0 Å². The Hall–Kier alpha value is -2.78. The molecule has 0 aliphatic rings. The Morgan fingerprint density at radius 2 is 2.00 bits per heavy atom. The molecule has 92 valence electrons. The van der Waals surface area contributed by atoms with Crippen LogP contribution in [0.25, 0.3) is 32.9 Å². The van der Waals surface area contributed by atoms with E-state index >= 15 is 0 Å². The first-order valence-electron chi connectivity index (χ1n) is 5.89. The summed E-state index contributed by atoms with van der Waals surface area (Å²) in [5, 5.41) is 3.69. The van der Waals surface area contributed by atoms with E-state index in [2.05, 4.69) is 20.0 Å². The number of aromatic nitrogens is 2. The summed E-state index contributed by atoms with van der Waals surface area (Å²) in [5.41, 5.74) is 13.0. The third-order valence-electron chi connectivity index (χ3n) is 3.10. The van der Waals surface area contributed by atoms with E-state index in [1.165, 1.54) is 0 Å². The highest BCUT2D eigenvalue weighted by Crippen LogP contribution is 2.29.